The summed E-state index contributed by atoms with van der Waals surface area (Å²) < 4.78 is 0. The Morgan fingerprint density at radius 3 is 1.24 bits per heavy atom. The van der Waals surface area contributed by atoms with Crippen LogP contribution in [0.3, 0.4) is 0 Å². The van der Waals surface area contributed by atoms with Crippen molar-refractivity contribution in [3.8, 4) is 22.3 Å². The molecule has 0 N–H and O–H groups in total. The molecule has 0 unspecified atom stereocenters. The summed E-state index contributed by atoms with van der Waals surface area (Å²) in [7, 11) is 11.0. The van der Waals surface area contributed by atoms with Gasteiger partial charge in [-0.1, -0.05) is 99.4 Å². The molecule has 2 radical (unpaired) electrons. The van der Waals surface area contributed by atoms with Crippen molar-refractivity contribution in [3.05, 3.63) is 130 Å². The number of fused-ring (bicyclic) bond motifs is 2. The molecule has 0 aliphatic carbocycles. The zero-order valence-corrected chi connectivity index (χ0v) is 33.8. The molecule has 0 bridgehead atoms. The number of hydrogen-bond donors (Lipinski definition) is 0. The molecular formula is C42H48Cl2SiZr. The van der Waals surface area contributed by atoms with E-state index in [1.165, 1.54) is 103 Å². The van der Waals surface area contributed by atoms with Crippen molar-refractivity contribution in [3.63, 3.8) is 0 Å². The number of hydrogen-bond acceptors (Lipinski definition) is 0. The first-order chi connectivity index (χ1) is 22.2. The van der Waals surface area contributed by atoms with Crippen LogP contribution in [0.1, 0.15) is 60.1 Å². The predicted molar refractivity (Wildman–Crippen MR) is 206 cm³/mol. The van der Waals surface area contributed by atoms with Gasteiger partial charge in [0.25, 0.3) is 0 Å². The summed E-state index contributed by atoms with van der Waals surface area (Å²) >= 11 is -0.826. The second kappa shape index (κ2) is 19.6. The Bertz CT molecular complexity index is 1680. The monoisotopic (exact) mass is 740 g/mol. The Kier molecular flexibility index (Phi) is 16.3. The SMILES string of the molecule is CCCc1cc2c(-c3cccc(C)c3C)cccc2[cH-]1.CCCc1cc2c(-c3cccc(C)c3C)cccc2[cH-]1.C[Si]C.[Cl][Zr+2][Cl]. The van der Waals surface area contributed by atoms with Crippen LogP contribution in [0.2, 0.25) is 13.1 Å². The summed E-state index contributed by atoms with van der Waals surface area (Å²) in [5, 5.41) is 5.52. The summed E-state index contributed by atoms with van der Waals surface area (Å²) in [4.78, 5) is 0. The van der Waals surface area contributed by atoms with Crippen LogP contribution in [-0.4, -0.2) is 9.52 Å². The van der Waals surface area contributed by atoms with Gasteiger partial charge in [0.1, 0.15) is 0 Å². The van der Waals surface area contributed by atoms with Gasteiger partial charge in [-0.05, 0) is 73.9 Å². The zero-order valence-electron chi connectivity index (χ0n) is 28.8. The molecule has 0 aromatic heterocycles. The van der Waals surface area contributed by atoms with Gasteiger partial charge in [-0.15, -0.1) is 69.1 Å². The molecule has 0 amide bonds. The van der Waals surface area contributed by atoms with E-state index in [1.54, 1.807) is 0 Å². The van der Waals surface area contributed by atoms with Gasteiger partial charge in [0.15, 0.2) is 0 Å². The quantitative estimate of drug-likeness (QED) is 0.118. The summed E-state index contributed by atoms with van der Waals surface area (Å²) in [6.45, 7) is 17.6. The van der Waals surface area contributed by atoms with E-state index in [-0.39, 0.29) is 0 Å². The second-order valence-corrected chi connectivity index (χ2v) is 16.6. The molecule has 6 rings (SSSR count). The van der Waals surface area contributed by atoms with Gasteiger partial charge in [0, 0.05) is 9.52 Å². The molecule has 46 heavy (non-hydrogen) atoms. The maximum atomic E-state index is 4.93. The third kappa shape index (κ3) is 9.90. The van der Waals surface area contributed by atoms with E-state index in [4.69, 9.17) is 17.0 Å². The second-order valence-electron chi connectivity index (χ2n) is 11.9. The Labute approximate surface area is 299 Å². The van der Waals surface area contributed by atoms with Crippen LogP contribution in [0, 0.1) is 27.7 Å². The van der Waals surface area contributed by atoms with E-state index < -0.39 is 20.8 Å². The van der Waals surface area contributed by atoms with Crippen molar-refractivity contribution in [2.45, 2.75) is 80.3 Å². The number of halogens is 2. The van der Waals surface area contributed by atoms with Gasteiger partial charge in [-0.25, -0.2) is 0 Å². The molecular weight excluding hydrogens is 695 g/mol. The standard InChI is InChI=1S/2C20H21.C2H6Si.2ClH.Zr/c2*1-4-7-16-12-17-9-6-11-19(20(17)13-16)18-10-5-8-14(2)15(18)3;1-3-2;;;/h2*5-6,8-13H,4,7H2,1-3H3;1-2H3;2*1H;/q2*-1;;;;+4/p-2. The summed E-state index contributed by atoms with van der Waals surface area (Å²) in [5.74, 6) is 0. The molecule has 0 saturated heterocycles. The molecule has 0 aliphatic rings. The summed E-state index contributed by atoms with van der Waals surface area (Å²) in [6.07, 6.45) is 4.74. The molecule has 0 aliphatic heterocycles. The van der Waals surface area contributed by atoms with Crippen molar-refractivity contribution < 1.29 is 20.8 Å². The Hall–Kier alpha value is -2.22. The molecule has 6 aromatic carbocycles. The minimum absolute atomic E-state index is 0.826. The van der Waals surface area contributed by atoms with Crippen LogP contribution in [0.15, 0.2) is 97.1 Å². The number of rotatable bonds is 6. The van der Waals surface area contributed by atoms with Crippen LogP contribution < -0.4 is 0 Å². The van der Waals surface area contributed by atoms with Gasteiger partial charge < -0.3 is 0 Å². The van der Waals surface area contributed by atoms with Crippen LogP contribution in [0.5, 0.6) is 0 Å². The first-order valence-corrected chi connectivity index (χ1v) is 24.6. The van der Waals surface area contributed by atoms with Gasteiger partial charge in [-0.3, -0.25) is 0 Å². The van der Waals surface area contributed by atoms with Crippen molar-refractivity contribution in [1.82, 2.24) is 0 Å². The molecule has 6 aromatic rings. The van der Waals surface area contributed by atoms with E-state index in [2.05, 4.69) is 152 Å². The van der Waals surface area contributed by atoms with Crippen molar-refractivity contribution in [2.24, 2.45) is 0 Å². The molecule has 0 fully saturated rings. The Morgan fingerprint density at radius 1 is 0.565 bits per heavy atom. The van der Waals surface area contributed by atoms with Gasteiger partial charge >= 0.3 is 37.9 Å². The van der Waals surface area contributed by atoms with E-state index in [0.717, 1.165) is 9.52 Å². The summed E-state index contributed by atoms with van der Waals surface area (Å²) in [5.41, 5.74) is 13.9. The average molecular weight is 743 g/mol. The molecule has 0 saturated carbocycles. The fraction of sp³-hybridized carbons (Fsp3) is 0.286. The molecule has 238 valence electrons. The van der Waals surface area contributed by atoms with Crippen molar-refractivity contribution in [1.29, 1.82) is 0 Å². The summed E-state index contributed by atoms with van der Waals surface area (Å²) in [6, 6.07) is 35.9. The average Bonchev–Trinajstić information content (AvgIpc) is 3.65. The van der Waals surface area contributed by atoms with Gasteiger partial charge in [-0.2, -0.15) is 12.1 Å². The number of benzene rings is 4. The van der Waals surface area contributed by atoms with Crippen LogP contribution in [0.25, 0.3) is 43.8 Å². The van der Waals surface area contributed by atoms with Gasteiger partial charge in [0.2, 0.25) is 0 Å². The Balaban J connectivity index is 0.000000214. The molecule has 0 spiro atoms. The van der Waals surface area contributed by atoms with E-state index >= 15 is 0 Å². The molecule has 0 atom stereocenters. The van der Waals surface area contributed by atoms with Crippen molar-refractivity contribution >= 4 is 48.1 Å². The van der Waals surface area contributed by atoms with E-state index in [1.807, 2.05) is 0 Å². The predicted octanol–water partition coefficient (Wildman–Crippen LogP) is 13.8. The maximum absolute atomic E-state index is 4.93. The molecule has 0 heterocycles. The first kappa shape index (κ1) is 38.2. The topological polar surface area (TPSA) is 0 Å². The van der Waals surface area contributed by atoms with Crippen LogP contribution in [0.4, 0.5) is 0 Å². The molecule has 0 nitrogen and oxygen atoms in total. The van der Waals surface area contributed by atoms with E-state index in [0.29, 0.717) is 0 Å². The fourth-order valence-corrected chi connectivity index (χ4v) is 6.02. The van der Waals surface area contributed by atoms with Crippen LogP contribution >= 0.6 is 17.0 Å². The van der Waals surface area contributed by atoms with E-state index in [9.17, 15) is 0 Å². The fourth-order valence-electron chi connectivity index (χ4n) is 6.02. The molecule has 4 heteroatoms. The number of aryl methyl sites for hydroxylation is 4. The van der Waals surface area contributed by atoms with Gasteiger partial charge in [0.05, 0.1) is 0 Å². The third-order valence-electron chi connectivity index (χ3n) is 8.49. The normalized spacial score (nSPS) is 10.3. The van der Waals surface area contributed by atoms with Crippen molar-refractivity contribution in [2.75, 3.05) is 0 Å². The third-order valence-corrected chi connectivity index (χ3v) is 8.49. The zero-order chi connectivity index (χ0) is 33.6. The Morgan fingerprint density at radius 2 is 0.891 bits per heavy atom. The minimum atomic E-state index is -0.826. The first-order valence-electron chi connectivity index (χ1n) is 16.3. The van der Waals surface area contributed by atoms with Crippen LogP contribution in [-0.2, 0) is 33.7 Å².